The summed E-state index contributed by atoms with van der Waals surface area (Å²) in [4.78, 5) is 25.2. The van der Waals surface area contributed by atoms with E-state index in [1.807, 2.05) is 42.5 Å². The molecule has 3 rings (SSSR count). The summed E-state index contributed by atoms with van der Waals surface area (Å²) in [6.07, 6.45) is 3.96. The van der Waals surface area contributed by atoms with Crippen molar-refractivity contribution >= 4 is 35.0 Å². The number of anilines is 2. The Kier molecular flexibility index (Phi) is 8.11. The molecular formula is C23H27ClN2O4. The third-order valence-corrected chi connectivity index (χ3v) is 5.64. The number of para-hydroxylation sites is 1. The number of nitrogens with zero attached hydrogens (tertiary/aromatic N) is 1. The Morgan fingerprint density at radius 3 is 2.20 bits per heavy atom. The predicted octanol–water partition coefficient (Wildman–Crippen LogP) is 5.10. The van der Waals surface area contributed by atoms with Crippen LogP contribution in [0.5, 0.6) is 0 Å². The Morgan fingerprint density at radius 1 is 0.967 bits per heavy atom. The molecule has 2 aromatic carbocycles. The number of benzene rings is 2. The summed E-state index contributed by atoms with van der Waals surface area (Å²) >= 11 is 6.01. The number of carboxylic acid groups (broad SMARTS) is 1. The highest BCUT2D eigenvalue weighted by Crippen LogP contribution is 2.30. The maximum absolute atomic E-state index is 13.0. The second kappa shape index (κ2) is 11.0. The van der Waals surface area contributed by atoms with Crippen LogP contribution in [0, 0.1) is 11.8 Å². The Balaban J connectivity index is 1.54. The van der Waals surface area contributed by atoms with Crippen LogP contribution in [0.2, 0.25) is 5.02 Å². The number of hydrogen-bond donors (Lipinski definition) is 2. The molecule has 2 N–H and O–H groups in total. The molecule has 160 valence electrons. The quantitative estimate of drug-likeness (QED) is 0.611. The number of halogens is 1. The van der Waals surface area contributed by atoms with E-state index in [2.05, 4.69) is 5.32 Å². The van der Waals surface area contributed by atoms with Gasteiger partial charge in [0.1, 0.15) is 6.61 Å². The van der Waals surface area contributed by atoms with Gasteiger partial charge in [0.15, 0.2) is 0 Å². The number of carbonyl (C=O) groups excluding carboxylic acids is 1. The van der Waals surface area contributed by atoms with Crippen LogP contribution in [0.3, 0.4) is 0 Å². The van der Waals surface area contributed by atoms with Crippen molar-refractivity contribution in [2.75, 3.05) is 24.7 Å². The molecule has 0 atom stereocenters. The van der Waals surface area contributed by atoms with Crippen LogP contribution in [0.25, 0.3) is 0 Å². The molecule has 1 fully saturated rings. The molecule has 0 heterocycles. The number of urea groups is 1. The van der Waals surface area contributed by atoms with E-state index in [1.165, 1.54) is 0 Å². The summed E-state index contributed by atoms with van der Waals surface area (Å²) in [6.45, 7) is 0.859. The minimum Gasteiger partial charge on any atom is -0.480 e. The van der Waals surface area contributed by atoms with Crippen LogP contribution >= 0.6 is 11.6 Å². The van der Waals surface area contributed by atoms with Gasteiger partial charge < -0.3 is 15.2 Å². The molecule has 0 bridgehead atoms. The van der Waals surface area contributed by atoms with Crippen molar-refractivity contribution < 1.29 is 19.4 Å². The van der Waals surface area contributed by atoms with E-state index in [0.29, 0.717) is 30.0 Å². The van der Waals surface area contributed by atoms with Gasteiger partial charge in [-0.05, 0) is 73.9 Å². The van der Waals surface area contributed by atoms with Crippen molar-refractivity contribution in [1.82, 2.24) is 5.32 Å². The van der Waals surface area contributed by atoms with Crippen LogP contribution in [0.1, 0.15) is 25.7 Å². The number of amides is 2. The lowest BCUT2D eigenvalue weighted by atomic mass is 9.82. The van der Waals surface area contributed by atoms with Crippen LogP contribution in [0.4, 0.5) is 16.2 Å². The van der Waals surface area contributed by atoms with Gasteiger partial charge in [-0.25, -0.2) is 9.59 Å². The fourth-order valence-corrected chi connectivity index (χ4v) is 3.90. The molecule has 0 unspecified atom stereocenters. The number of nitrogens with one attached hydrogen (secondary N) is 1. The average Bonchev–Trinajstić information content (AvgIpc) is 2.75. The number of ether oxygens (including phenoxy) is 1. The molecule has 2 amide bonds. The van der Waals surface area contributed by atoms with Gasteiger partial charge in [-0.15, -0.1) is 0 Å². The van der Waals surface area contributed by atoms with Gasteiger partial charge in [-0.2, -0.15) is 0 Å². The lowest BCUT2D eigenvalue weighted by Crippen LogP contribution is -2.40. The van der Waals surface area contributed by atoms with Crippen LogP contribution in [-0.2, 0) is 9.53 Å². The molecule has 0 aliphatic heterocycles. The molecule has 0 spiro atoms. The number of carbonyl (C=O) groups is 2. The molecule has 1 saturated carbocycles. The van der Waals surface area contributed by atoms with Crippen molar-refractivity contribution in [3.63, 3.8) is 0 Å². The fraction of sp³-hybridized carbons (Fsp3) is 0.391. The predicted molar refractivity (Wildman–Crippen MR) is 117 cm³/mol. The summed E-state index contributed by atoms with van der Waals surface area (Å²) in [6, 6.07) is 16.6. The maximum atomic E-state index is 13.0. The van der Waals surface area contributed by atoms with E-state index in [0.717, 1.165) is 37.1 Å². The van der Waals surface area contributed by atoms with Gasteiger partial charge in [0.25, 0.3) is 0 Å². The first-order valence-electron chi connectivity index (χ1n) is 10.2. The summed E-state index contributed by atoms with van der Waals surface area (Å²) < 4.78 is 5.22. The molecular weight excluding hydrogens is 404 g/mol. The maximum Gasteiger partial charge on any atom is 0.329 e. The van der Waals surface area contributed by atoms with Crippen LogP contribution in [0.15, 0.2) is 54.6 Å². The molecule has 0 saturated heterocycles. The van der Waals surface area contributed by atoms with Gasteiger partial charge in [0, 0.05) is 11.6 Å². The monoisotopic (exact) mass is 430 g/mol. The highest BCUT2D eigenvalue weighted by Gasteiger charge is 2.24. The van der Waals surface area contributed by atoms with Crippen molar-refractivity contribution in [3.8, 4) is 0 Å². The van der Waals surface area contributed by atoms with Gasteiger partial charge in [-0.3, -0.25) is 4.90 Å². The van der Waals surface area contributed by atoms with Gasteiger partial charge in [-0.1, -0.05) is 29.8 Å². The first kappa shape index (κ1) is 22.1. The third kappa shape index (κ3) is 6.47. The molecule has 0 radical (unpaired) electrons. The number of carboxylic acids is 1. The van der Waals surface area contributed by atoms with Crippen molar-refractivity contribution in [1.29, 1.82) is 0 Å². The lowest BCUT2D eigenvalue weighted by Gasteiger charge is -2.29. The highest BCUT2D eigenvalue weighted by atomic mass is 35.5. The lowest BCUT2D eigenvalue weighted by molar-refractivity contribution is -0.142. The topological polar surface area (TPSA) is 78.9 Å². The van der Waals surface area contributed by atoms with Crippen molar-refractivity contribution in [3.05, 3.63) is 59.6 Å². The van der Waals surface area contributed by atoms with Gasteiger partial charge in [0.05, 0.1) is 18.0 Å². The van der Waals surface area contributed by atoms with Crippen LogP contribution < -0.4 is 10.2 Å². The summed E-state index contributed by atoms with van der Waals surface area (Å²) in [7, 11) is 0. The molecule has 0 aromatic heterocycles. The minimum atomic E-state index is -0.935. The minimum absolute atomic E-state index is 0.171. The zero-order chi connectivity index (χ0) is 21.3. The molecule has 1 aliphatic rings. The fourth-order valence-electron chi connectivity index (χ4n) is 3.78. The zero-order valence-corrected chi connectivity index (χ0v) is 17.6. The van der Waals surface area contributed by atoms with Crippen molar-refractivity contribution in [2.45, 2.75) is 25.7 Å². The summed E-state index contributed by atoms with van der Waals surface area (Å²) in [5.74, 6) is -0.131. The van der Waals surface area contributed by atoms with E-state index in [1.54, 1.807) is 17.0 Å². The molecule has 30 heavy (non-hydrogen) atoms. The first-order valence-corrected chi connectivity index (χ1v) is 10.6. The standard InChI is InChI=1S/C23H27ClN2O4/c24-19-10-12-21(13-11-19)26(20-4-2-1-3-5-20)23(29)25-14-17-6-8-18(9-7-17)15-30-16-22(27)28/h1-5,10-13,17-18H,6-9,14-16H2,(H,25,29)(H,27,28)/t17-,18-. The second-order valence-corrected chi connectivity index (χ2v) is 8.07. The Bertz CT molecular complexity index is 821. The summed E-state index contributed by atoms with van der Waals surface area (Å²) in [5.41, 5.74) is 1.54. The second-order valence-electron chi connectivity index (χ2n) is 7.63. The van der Waals surface area contributed by atoms with E-state index < -0.39 is 5.97 Å². The SMILES string of the molecule is O=C(O)COC[C@H]1CC[C@H](CNC(=O)N(c2ccccc2)c2ccc(Cl)cc2)CC1. The zero-order valence-electron chi connectivity index (χ0n) is 16.8. The van der Waals surface area contributed by atoms with E-state index >= 15 is 0 Å². The molecule has 6 nitrogen and oxygen atoms in total. The molecule has 1 aliphatic carbocycles. The van der Waals surface area contributed by atoms with Gasteiger partial charge in [0.2, 0.25) is 0 Å². The number of rotatable bonds is 8. The highest BCUT2D eigenvalue weighted by molar-refractivity contribution is 6.30. The normalized spacial score (nSPS) is 18.6. The largest absolute Gasteiger partial charge is 0.480 e. The Labute approximate surface area is 181 Å². The third-order valence-electron chi connectivity index (χ3n) is 5.39. The summed E-state index contributed by atoms with van der Waals surface area (Å²) in [5, 5.41) is 12.4. The van der Waals surface area contributed by atoms with Crippen LogP contribution in [-0.4, -0.2) is 36.9 Å². The molecule has 2 aromatic rings. The van der Waals surface area contributed by atoms with E-state index in [4.69, 9.17) is 21.4 Å². The Hall–Kier alpha value is -2.57. The molecule has 7 heteroatoms. The van der Waals surface area contributed by atoms with Crippen molar-refractivity contribution in [2.24, 2.45) is 11.8 Å². The number of aliphatic carboxylic acids is 1. The van der Waals surface area contributed by atoms with Gasteiger partial charge >= 0.3 is 12.0 Å². The smallest absolute Gasteiger partial charge is 0.329 e. The van der Waals surface area contributed by atoms with E-state index in [-0.39, 0.29) is 12.6 Å². The average molecular weight is 431 g/mol. The van der Waals surface area contributed by atoms with E-state index in [9.17, 15) is 9.59 Å². The number of hydrogen-bond acceptors (Lipinski definition) is 3. The Morgan fingerprint density at radius 2 is 1.57 bits per heavy atom. The first-order chi connectivity index (χ1) is 14.5.